The first kappa shape index (κ1) is 11.8. The van der Waals surface area contributed by atoms with Gasteiger partial charge in [-0.15, -0.1) is 0 Å². The first-order valence-electron chi connectivity index (χ1n) is 6.17. The smallest absolute Gasteiger partial charge is 0.347 e. The average molecular weight is 286 g/mol. The number of nitrogens with one attached hydrogen (secondary N) is 1. The van der Waals surface area contributed by atoms with Crippen molar-refractivity contribution in [1.29, 1.82) is 0 Å². The summed E-state index contributed by atoms with van der Waals surface area (Å²) < 4.78 is 21.7. The summed E-state index contributed by atoms with van der Waals surface area (Å²) in [6.45, 7) is 0. The third-order valence-electron chi connectivity index (χ3n) is 3.49. The van der Waals surface area contributed by atoms with E-state index in [1.54, 1.807) is 13.2 Å². The van der Waals surface area contributed by atoms with Crippen LogP contribution in [-0.2, 0) is 0 Å². The van der Waals surface area contributed by atoms with Gasteiger partial charge < -0.3 is 18.3 Å². The van der Waals surface area contributed by atoms with Gasteiger partial charge in [-0.3, -0.25) is 5.10 Å². The van der Waals surface area contributed by atoms with Crippen LogP contribution in [0.2, 0.25) is 0 Å². The molecule has 1 aromatic carbocycles. The second kappa shape index (κ2) is 4.02. The normalized spacial score (nSPS) is 11.5. The van der Waals surface area contributed by atoms with Crippen molar-refractivity contribution in [2.24, 2.45) is 0 Å². The third kappa shape index (κ3) is 1.37. The molecule has 4 rings (SSSR count). The first-order valence-corrected chi connectivity index (χ1v) is 6.17. The Kier molecular flexibility index (Phi) is 2.26. The molecule has 3 heterocycles. The van der Waals surface area contributed by atoms with Gasteiger partial charge in [0.15, 0.2) is 11.2 Å². The molecule has 0 atom stereocenters. The number of hydrogen-bond donors (Lipinski definition) is 1. The number of aromatic amines is 1. The average Bonchev–Trinajstić information content (AvgIpc) is 3.14. The van der Waals surface area contributed by atoms with Crippen molar-refractivity contribution in [3.05, 3.63) is 28.9 Å². The number of aromatic nitrogens is 2. The fourth-order valence-corrected chi connectivity index (χ4v) is 2.62. The molecule has 106 valence electrons. The van der Waals surface area contributed by atoms with Crippen LogP contribution in [0, 0.1) is 0 Å². The van der Waals surface area contributed by atoms with E-state index in [0.717, 1.165) is 5.39 Å². The minimum absolute atomic E-state index is 0.263. The molecule has 7 heteroatoms. The zero-order chi connectivity index (χ0) is 14.6. The minimum Gasteiger partial charge on any atom is -0.495 e. The van der Waals surface area contributed by atoms with E-state index in [1.165, 1.54) is 19.6 Å². The van der Waals surface area contributed by atoms with Gasteiger partial charge in [0, 0.05) is 0 Å². The van der Waals surface area contributed by atoms with Gasteiger partial charge in [0.05, 0.1) is 43.0 Å². The van der Waals surface area contributed by atoms with Gasteiger partial charge in [-0.25, -0.2) is 4.79 Å². The number of methoxy groups -OCH3 is 2. The Morgan fingerprint density at radius 2 is 1.95 bits per heavy atom. The summed E-state index contributed by atoms with van der Waals surface area (Å²) in [6, 6.07) is 1.77. The lowest BCUT2D eigenvalue weighted by atomic mass is 10.1. The molecule has 0 aliphatic rings. The quantitative estimate of drug-likeness (QED) is 0.569. The maximum atomic E-state index is 12.0. The summed E-state index contributed by atoms with van der Waals surface area (Å²) in [6.07, 6.45) is 2.95. The van der Waals surface area contributed by atoms with Crippen LogP contribution in [0.1, 0.15) is 0 Å². The molecule has 0 unspecified atom stereocenters. The van der Waals surface area contributed by atoms with Crippen LogP contribution in [0.25, 0.3) is 32.8 Å². The number of ether oxygens (including phenoxy) is 2. The van der Waals surface area contributed by atoms with Gasteiger partial charge in [-0.1, -0.05) is 0 Å². The number of furan rings is 1. The van der Waals surface area contributed by atoms with Crippen molar-refractivity contribution in [3.8, 4) is 11.5 Å². The molecule has 1 N–H and O–H groups in total. The highest BCUT2D eigenvalue weighted by molar-refractivity contribution is 6.15. The van der Waals surface area contributed by atoms with Crippen molar-refractivity contribution in [3.63, 3.8) is 0 Å². The van der Waals surface area contributed by atoms with Crippen molar-refractivity contribution in [2.45, 2.75) is 0 Å². The molecule has 0 amide bonds. The summed E-state index contributed by atoms with van der Waals surface area (Å²) in [4.78, 5) is 12.0. The number of fused-ring (bicyclic) bond motifs is 4. The lowest BCUT2D eigenvalue weighted by Gasteiger charge is -2.10. The van der Waals surface area contributed by atoms with Gasteiger partial charge in [0.2, 0.25) is 5.75 Å². The van der Waals surface area contributed by atoms with E-state index in [0.29, 0.717) is 33.4 Å². The van der Waals surface area contributed by atoms with Crippen molar-refractivity contribution in [2.75, 3.05) is 14.2 Å². The SMILES string of the molecule is COc1c2occc2c(OC)c2c1oc(=O)c1cn[nH]c12. The Labute approximate surface area is 117 Å². The Morgan fingerprint density at radius 1 is 1.14 bits per heavy atom. The topological polar surface area (TPSA) is 90.5 Å². The highest BCUT2D eigenvalue weighted by Crippen LogP contribution is 2.44. The molecule has 0 aliphatic heterocycles. The van der Waals surface area contributed by atoms with E-state index in [4.69, 9.17) is 18.3 Å². The van der Waals surface area contributed by atoms with Crippen LogP contribution in [0.5, 0.6) is 11.5 Å². The van der Waals surface area contributed by atoms with Gasteiger partial charge in [0.25, 0.3) is 0 Å². The molecule has 0 radical (unpaired) electrons. The maximum absolute atomic E-state index is 12.0. The summed E-state index contributed by atoms with van der Waals surface area (Å²) >= 11 is 0. The van der Waals surface area contributed by atoms with E-state index in [2.05, 4.69) is 10.2 Å². The molecule has 0 fully saturated rings. The number of nitrogens with zero attached hydrogens (tertiary/aromatic N) is 1. The maximum Gasteiger partial charge on any atom is 0.347 e. The van der Waals surface area contributed by atoms with E-state index in [-0.39, 0.29) is 5.58 Å². The summed E-state index contributed by atoms with van der Waals surface area (Å²) in [5.41, 5.74) is 0.763. The minimum atomic E-state index is -0.502. The van der Waals surface area contributed by atoms with E-state index in [9.17, 15) is 4.79 Å². The lowest BCUT2D eigenvalue weighted by Crippen LogP contribution is -2.01. The van der Waals surface area contributed by atoms with Gasteiger partial charge in [-0.2, -0.15) is 5.10 Å². The highest BCUT2D eigenvalue weighted by atomic mass is 16.5. The molecule has 7 nitrogen and oxygen atoms in total. The Morgan fingerprint density at radius 3 is 2.71 bits per heavy atom. The standard InChI is InChI=1S/C14H10N2O5/c1-18-10-6-3-4-20-11(6)13(19-2)12-8(10)9-7(5-15-16-9)14(17)21-12/h3-5H,1-2H3,(H,15,16). The van der Waals surface area contributed by atoms with Crippen LogP contribution in [0.3, 0.4) is 0 Å². The van der Waals surface area contributed by atoms with Crippen molar-refractivity contribution < 1.29 is 18.3 Å². The molecular formula is C14H10N2O5. The third-order valence-corrected chi connectivity index (χ3v) is 3.49. The fourth-order valence-electron chi connectivity index (χ4n) is 2.62. The second-order valence-corrected chi connectivity index (χ2v) is 4.48. The van der Waals surface area contributed by atoms with Crippen molar-refractivity contribution >= 4 is 32.8 Å². The first-order chi connectivity index (χ1) is 10.3. The number of H-pyrrole nitrogens is 1. The largest absolute Gasteiger partial charge is 0.495 e. The highest BCUT2D eigenvalue weighted by Gasteiger charge is 2.23. The number of hydrogen-bond acceptors (Lipinski definition) is 6. The fraction of sp³-hybridized carbons (Fsp3) is 0.143. The zero-order valence-electron chi connectivity index (χ0n) is 11.2. The Hall–Kier alpha value is -2.96. The van der Waals surface area contributed by atoms with E-state index >= 15 is 0 Å². The van der Waals surface area contributed by atoms with Gasteiger partial charge in [-0.05, 0) is 6.07 Å². The van der Waals surface area contributed by atoms with E-state index < -0.39 is 5.63 Å². The molecule has 0 bridgehead atoms. The molecule has 0 saturated heterocycles. The van der Waals surface area contributed by atoms with Gasteiger partial charge >= 0.3 is 5.63 Å². The molecule has 3 aromatic heterocycles. The van der Waals surface area contributed by atoms with Crippen LogP contribution in [0.4, 0.5) is 0 Å². The van der Waals surface area contributed by atoms with Crippen LogP contribution >= 0.6 is 0 Å². The lowest BCUT2D eigenvalue weighted by molar-refractivity contribution is 0.399. The van der Waals surface area contributed by atoms with Crippen LogP contribution in [0.15, 0.2) is 32.2 Å². The van der Waals surface area contributed by atoms with Crippen molar-refractivity contribution in [1.82, 2.24) is 10.2 Å². The molecular weight excluding hydrogens is 276 g/mol. The Balaban J connectivity index is 2.42. The van der Waals surface area contributed by atoms with Crippen LogP contribution < -0.4 is 15.1 Å². The predicted octanol–water partition coefficient (Wildman–Crippen LogP) is 2.43. The van der Waals surface area contributed by atoms with Gasteiger partial charge in [0.1, 0.15) is 11.1 Å². The molecule has 0 saturated carbocycles. The van der Waals surface area contributed by atoms with Crippen LogP contribution in [-0.4, -0.2) is 24.4 Å². The molecule has 4 aromatic rings. The Bertz CT molecular complexity index is 1040. The summed E-state index contributed by atoms with van der Waals surface area (Å²) in [5, 5.41) is 8.39. The molecule has 0 aliphatic carbocycles. The number of rotatable bonds is 2. The summed E-state index contributed by atoms with van der Waals surface area (Å²) in [7, 11) is 3.03. The molecule has 21 heavy (non-hydrogen) atoms. The molecule has 0 spiro atoms. The zero-order valence-corrected chi connectivity index (χ0v) is 11.2. The monoisotopic (exact) mass is 286 g/mol. The number of benzene rings is 1. The second-order valence-electron chi connectivity index (χ2n) is 4.48. The summed E-state index contributed by atoms with van der Waals surface area (Å²) in [5.74, 6) is 0.881. The predicted molar refractivity (Wildman–Crippen MR) is 75.0 cm³/mol. The van der Waals surface area contributed by atoms with E-state index in [1.807, 2.05) is 0 Å².